The van der Waals surface area contributed by atoms with Crippen molar-refractivity contribution in [2.45, 2.75) is 51.1 Å². The summed E-state index contributed by atoms with van der Waals surface area (Å²) in [6, 6.07) is 12.0. The van der Waals surface area contributed by atoms with Gasteiger partial charge in [-0.3, -0.25) is 4.90 Å². The first-order chi connectivity index (χ1) is 10.8. The number of halogens is 2. The Morgan fingerprint density at radius 2 is 1.96 bits per heavy atom. The van der Waals surface area contributed by atoms with Gasteiger partial charge in [-0.15, -0.1) is 24.8 Å². The summed E-state index contributed by atoms with van der Waals surface area (Å²) in [6.45, 7) is 4.79. The minimum absolute atomic E-state index is 0. The molecular formula is C19H29Cl2N3. The summed E-state index contributed by atoms with van der Waals surface area (Å²) in [5, 5.41) is 0. The van der Waals surface area contributed by atoms with Crippen LogP contribution in [0.3, 0.4) is 0 Å². The zero-order valence-electron chi connectivity index (χ0n) is 14.4. The smallest absolute Gasteiger partial charge is 0.0948 e. The molecule has 2 unspecified atom stereocenters. The highest BCUT2D eigenvalue weighted by Gasteiger charge is 2.27. The summed E-state index contributed by atoms with van der Waals surface area (Å²) < 4.78 is 2.26. The molecule has 24 heavy (non-hydrogen) atoms. The number of likely N-dealkylation sites (tertiary alicyclic amines) is 1. The van der Waals surface area contributed by atoms with Crippen molar-refractivity contribution in [3.05, 3.63) is 54.6 Å². The van der Waals surface area contributed by atoms with E-state index in [2.05, 4.69) is 57.9 Å². The van der Waals surface area contributed by atoms with Gasteiger partial charge >= 0.3 is 0 Å². The molecule has 3 rings (SSSR count). The van der Waals surface area contributed by atoms with Crippen LogP contribution in [0.4, 0.5) is 0 Å². The highest BCUT2D eigenvalue weighted by molar-refractivity contribution is 5.85. The molecule has 2 heterocycles. The van der Waals surface area contributed by atoms with Gasteiger partial charge in [0.2, 0.25) is 0 Å². The molecule has 1 saturated heterocycles. The molecule has 1 aliphatic rings. The van der Waals surface area contributed by atoms with Crippen molar-refractivity contribution in [3.63, 3.8) is 0 Å². The summed E-state index contributed by atoms with van der Waals surface area (Å²) >= 11 is 0. The van der Waals surface area contributed by atoms with Gasteiger partial charge in [-0.1, -0.05) is 36.8 Å². The molecule has 0 spiro atoms. The Labute approximate surface area is 158 Å². The van der Waals surface area contributed by atoms with Crippen LogP contribution >= 0.6 is 24.8 Å². The molecule has 2 aromatic rings. The van der Waals surface area contributed by atoms with Crippen LogP contribution in [-0.4, -0.2) is 33.6 Å². The summed E-state index contributed by atoms with van der Waals surface area (Å²) in [6.07, 6.45) is 12.4. The van der Waals surface area contributed by atoms with Crippen LogP contribution in [-0.2, 0) is 6.42 Å². The lowest BCUT2D eigenvalue weighted by molar-refractivity contribution is 0.107. The Morgan fingerprint density at radius 3 is 2.67 bits per heavy atom. The third kappa shape index (κ3) is 5.51. The zero-order valence-corrected chi connectivity index (χ0v) is 16.0. The number of aromatic nitrogens is 2. The Hall–Kier alpha value is -1.03. The van der Waals surface area contributed by atoms with Gasteiger partial charge in [-0.25, -0.2) is 4.98 Å². The van der Waals surface area contributed by atoms with Crippen LogP contribution in [0.25, 0.3) is 0 Å². The van der Waals surface area contributed by atoms with Gasteiger partial charge in [0.1, 0.15) is 0 Å². The number of aryl methyl sites for hydroxylation is 1. The van der Waals surface area contributed by atoms with Gasteiger partial charge in [0.05, 0.1) is 6.33 Å². The quantitative estimate of drug-likeness (QED) is 0.730. The van der Waals surface area contributed by atoms with E-state index < -0.39 is 0 Å². The van der Waals surface area contributed by atoms with Crippen molar-refractivity contribution in [3.8, 4) is 0 Å². The standard InChI is InChI=1S/C19H27N3.2ClH/c1-17(22-15-12-20-16-22)19-11-5-6-13-21(19)14-7-10-18-8-3-2-4-9-18;;/h2-4,8-9,12,15-17,19H,5-7,10-11,13-14H2,1H3;2*1H. The van der Waals surface area contributed by atoms with E-state index in [1.165, 1.54) is 50.8 Å². The van der Waals surface area contributed by atoms with Crippen LogP contribution in [0, 0.1) is 0 Å². The number of hydrogen-bond donors (Lipinski definition) is 0. The Kier molecular flexibility index (Phi) is 9.42. The van der Waals surface area contributed by atoms with Crippen molar-refractivity contribution in [1.82, 2.24) is 14.5 Å². The van der Waals surface area contributed by atoms with E-state index in [4.69, 9.17) is 0 Å². The highest BCUT2D eigenvalue weighted by Crippen LogP contribution is 2.26. The normalized spacial score (nSPS) is 19.1. The summed E-state index contributed by atoms with van der Waals surface area (Å²) in [7, 11) is 0. The average Bonchev–Trinajstić information content (AvgIpc) is 3.10. The number of benzene rings is 1. The minimum Gasteiger partial charge on any atom is -0.333 e. The van der Waals surface area contributed by atoms with Crippen LogP contribution in [0.5, 0.6) is 0 Å². The predicted octanol–water partition coefficient (Wildman–Crippen LogP) is 4.78. The van der Waals surface area contributed by atoms with Crippen molar-refractivity contribution in [1.29, 1.82) is 0 Å². The minimum atomic E-state index is 0. The fraction of sp³-hybridized carbons (Fsp3) is 0.526. The lowest BCUT2D eigenvalue weighted by Crippen LogP contribution is -2.44. The fourth-order valence-corrected chi connectivity index (χ4v) is 3.68. The summed E-state index contributed by atoms with van der Waals surface area (Å²) in [4.78, 5) is 6.91. The van der Waals surface area contributed by atoms with E-state index in [1.807, 2.05) is 12.5 Å². The van der Waals surface area contributed by atoms with E-state index in [0.717, 1.165) is 0 Å². The van der Waals surface area contributed by atoms with E-state index in [1.54, 1.807) is 0 Å². The fourth-order valence-electron chi connectivity index (χ4n) is 3.68. The maximum atomic E-state index is 4.21. The van der Waals surface area contributed by atoms with E-state index >= 15 is 0 Å². The van der Waals surface area contributed by atoms with Crippen molar-refractivity contribution < 1.29 is 0 Å². The van der Waals surface area contributed by atoms with Crippen LogP contribution in [0.15, 0.2) is 49.1 Å². The van der Waals surface area contributed by atoms with Gasteiger partial charge in [-0.05, 0) is 51.3 Å². The molecule has 1 aromatic carbocycles. The molecule has 1 fully saturated rings. The monoisotopic (exact) mass is 369 g/mol. The molecule has 0 aliphatic carbocycles. The van der Waals surface area contributed by atoms with Gasteiger partial charge in [0, 0.05) is 24.5 Å². The molecule has 0 amide bonds. The molecule has 0 N–H and O–H groups in total. The Bertz CT molecular complexity index is 545. The van der Waals surface area contributed by atoms with Gasteiger partial charge < -0.3 is 4.57 Å². The van der Waals surface area contributed by atoms with Crippen LogP contribution in [0.2, 0.25) is 0 Å². The van der Waals surface area contributed by atoms with Crippen molar-refractivity contribution in [2.24, 2.45) is 0 Å². The number of nitrogens with zero attached hydrogens (tertiary/aromatic N) is 3. The molecule has 134 valence electrons. The van der Waals surface area contributed by atoms with Crippen LogP contribution < -0.4 is 0 Å². The average molecular weight is 370 g/mol. The SMILES string of the molecule is CC(C1CCCCN1CCCc1ccccc1)n1ccnc1.Cl.Cl. The lowest BCUT2D eigenvalue weighted by Gasteiger charge is -2.39. The summed E-state index contributed by atoms with van der Waals surface area (Å²) in [5.41, 5.74) is 1.46. The first-order valence-electron chi connectivity index (χ1n) is 8.60. The number of imidazole rings is 1. The lowest BCUT2D eigenvalue weighted by atomic mass is 9.95. The predicted molar refractivity (Wildman–Crippen MR) is 105 cm³/mol. The first-order valence-corrected chi connectivity index (χ1v) is 8.60. The van der Waals surface area contributed by atoms with E-state index in [9.17, 15) is 0 Å². The van der Waals surface area contributed by atoms with Crippen molar-refractivity contribution in [2.75, 3.05) is 13.1 Å². The van der Waals surface area contributed by atoms with E-state index in [0.29, 0.717) is 12.1 Å². The number of piperidine rings is 1. The topological polar surface area (TPSA) is 21.1 Å². The van der Waals surface area contributed by atoms with Gasteiger partial charge in [0.25, 0.3) is 0 Å². The third-order valence-corrected chi connectivity index (χ3v) is 4.97. The Morgan fingerprint density at radius 1 is 1.17 bits per heavy atom. The number of rotatable bonds is 6. The second-order valence-electron chi connectivity index (χ2n) is 6.44. The second-order valence-corrected chi connectivity index (χ2v) is 6.44. The first kappa shape index (κ1) is 21.0. The molecule has 0 radical (unpaired) electrons. The summed E-state index contributed by atoms with van der Waals surface area (Å²) in [5.74, 6) is 0. The molecule has 0 saturated carbocycles. The van der Waals surface area contributed by atoms with Crippen LogP contribution in [0.1, 0.15) is 44.2 Å². The van der Waals surface area contributed by atoms with Gasteiger partial charge in [0.15, 0.2) is 0 Å². The molecule has 1 aromatic heterocycles. The van der Waals surface area contributed by atoms with E-state index in [-0.39, 0.29) is 24.8 Å². The molecule has 2 atom stereocenters. The molecule has 0 bridgehead atoms. The molecular weight excluding hydrogens is 341 g/mol. The highest BCUT2D eigenvalue weighted by atomic mass is 35.5. The van der Waals surface area contributed by atoms with Gasteiger partial charge in [-0.2, -0.15) is 0 Å². The maximum absolute atomic E-state index is 4.21. The molecule has 3 nitrogen and oxygen atoms in total. The number of hydrogen-bond acceptors (Lipinski definition) is 2. The molecule has 1 aliphatic heterocycles. The third-order valence-electron chi connectivity index (χ3n) is 4.97. The zero-order chi connectivity index (χ0) is 15.2. The largest absolute Gasteiger partial charge is 0.333 e. The van der Waals surface area contributed by atoms with Crippen molar-refractivity contribution >= 4 is 24.8 Å². The molecule has 5 heteroatoms. The Balaban J connectivity index is 0.00000144. The maximum Gasteiger partial charge on any atom is 0.0948 e. The second kappa shape index (κ2) is 10.8.